The van der Waals surface area contributed by atoms with E-state index in [9.17, 15) is 5.11 Å². The summed E-state index contributed by atoms with van der Waals surface area (Å²) in [6.07, 6.45) is 1.05. The molecule has 1 unspecified atom stereocenters. The molecule has 1 N–H and O–H groups in total. The van der Waals surface area contributed by atoms with Crippen LogP contribution in [0.15, 0.2) is 42.6 Å². The molecule has 0 aliphatic heterocycles. The van der Waals surface area contributed by atoms with Crippen molar-refractivity contribution in [2.24, 2.45) is 0 Å². The molecule has 0 bridgehead atoms. The number of nitrogens with zero attached hydrogens (tertiary/aromatic N) is 1. The second-order valence-corrected chi connectivity index (χ2v) is 5.95. The third-order valence-electron chi connectivity index (χ3n) is 3.17. The van der Waals surface area contributed by atoms with Gasteiger partial charge in [0.05, 0.1) is 6.10 Å². The van der Waals surface area contributed by atoms with Crippen LogP contribution in [0, 0.1) is 0 Å². The highest BCUT2D eigenvalue weighted by Gasteiger charge is 2.15. The van der Waals surface area contributed by atoms with Crippen molar-refractivity contribution >= 4 is 0 Å². The van der Waals surface area contributed by atoms with Crippen molar-refractivity contribution in [2.45, 2.75) is 39.2 Å². The Labute approximate surface area is 120 Å². The molecule has 1 heterocycles. The molecule has 1 aromatic carbocycles. The van der Waals surface area contributed by atoms with Gasteiger partial charge >= 0.3 is 0 Å². The van der Waals surface area contributed by atoms with Gasteiger partial charge in [-0.2, -0.15) is 0 Å². The van der Waals surface area contributed by atoms with Crippen LogP contribution in [0.5, 0.6) is 11.6 Å². The van der Waals surface area contributed by atoms with Crippen molar-refractivity contribution < 1.29 is 9.84 Å². The molecule has 3 heteroatoms. The lowest BCUT2D eigenvalue weighted by atomic mass is 9.87. The van der Waals surface area contributed by atoms with Gasteiger partial charge in [0.1, 0.15) is 5.75 Å². The molecule has 20 heavy (non-hydrogen) atoms. The predicted octanol–water partition coefficient (Wildman–Crippen LogP) is 4.22. The summed E-state index contributed by atoms with van der Waals surface area (Å²) in [6.45, 7) is 8.19. The van der Waals surface area contributed by atoms with E-state index in [1.165, 1.54) is 5.56 Å². The van der Waals surface area contributed by atoms with Crippen LogP contribution in [0.3, 0.4) is 0 Å². The number of aromatic nitrogens is 1. The molecule has 0 radical (unpaired) electrons. The first kappa shape index (κ1) is 14.5. The van der Waals surface area contributed by atoms with E-state index in [0.717, 1.165) is 5.75 Å². The second kappa shape index (κ2) is 5.63. The maximum Gasteiger partial charge on any atom is 0.225 e. The molecule has 0 amide bonds. The van der Waals surface area contributed by atoms with E-state index in [-0.39, 0.29) is 5.41 Å². The average molecular weight is 271 g/mol. The Kier molecular flexibility index (Phi) is 4.09. The van der Waals surface area contributed by atoms with Crippen molar-refractivity contribution in [3.63, 3.8) is 0 Å². The van der Waals surface area contributed by atoms with E-state index in [1.807, 2.05) is 24.3 Å². The molecule has 0 spiro atoms. The summed E-state index contributed by atoms with van der Waals surface area (Å²) in [5.41, 5.74) is 1.95. The summed E-state index contributed by atoms with van der Waals surface area (Å²) < 4.78 is 5.84. The van der Waals surface area contributed by atoms with Crippen LogP contribution >= 0.6 is 0 Å². The van der Waals surface area contributed by atoms with E-state index in [4.69, 9.17) is 4.74 Å². The number of hydrogen-bond donors (Lipinski definition) is 1. The van der Waals surface area contributed by atoms with Gasteiger partial charge in [0.25, 0.3) is 0 Å². The SMILES string of the molecule is CC(O)c1cccnc1Oc1cccc(C(C)(C)C)c1. The fourth-order valence-corrected chi connectivity index (χ4v) is 1.94. The monoisotopic (exact) mass is 271 g/mol. The lowest BCUT2D eigenvalue weighted by molar-refractivity contribution is 0.194. The van der Waals surface area contributed by atoms with Crippen molar-refractivity contribution in [2.75, 3.05) is 0 Å². The topological polar surface area (TPSA) is 42.4 Å². The minimum absolute atomic E-state index is 0.0661. The van der Waals surface area contributed by atoms with E-state index in [1.54, 1.807) is 19.2 Å². The van der Waals surface area contributed by atoms with Crippen molar-refractivity contribution in [1.82, 2.24) is 4.98 Å². The number of benzene rings is 1. The van der Waals surface area contributed by atoms with Gasteiger partial charge in [0.15, 0.2) is 0 Å². The zero-order valence-electron chi connectivity index (χ0n) is 12.4. The molecular formula is C17H21NO2. The average Bonchev–Trinajstić information content (AvgIpc) is 2.38. The van der Waals surface area contributed by atoms with Gasteiger partial charge in [0, 0.05) is 11.8 Å². The summed E-state index contributed by atoms with van der Waals surface area (Å²) in [7, 11) is 0. The van der Waals surface area contributed by atoms with Gasteiger partial charge in [-0.25, -0.2) is 4.98 Å². The smallest absolute Gasteiger partial charge is 0.225 e. The van der Waals surface area contributed by atoms with Crippen LogP contribution in [0.2, 0.25) is 0 Å². The Morgan fingerprint density at radius 3 is 2.55 bits per heavy atom. The second-order valence-electron chi connectivity index (χ2n) is 5.95. The molecule has 0 saturated heterocycles. The van der Waals surface area contributed by atoms with E-state index >= 15 is 0 Å². The Bertz CT molecular complexity index is 586. The largest absolute Gasteiger partial charge is 0.439 e. The summed E-state index contributed by atoms with van der Waals surface area (Å²) >= 11 is 0. The Hall–Kier alpha value is -1.87. The molecule has 106 valence electrons. The number of hydrogen-bond acceptors (Lipinski definition) is 3. The molecule has 0 saturated carbocycles. The number of rotatable bonds is 3. The van der Waals surface area contributed by atoms with Gasteiger partial charge in [-0.3, -0.25) is 0 Å². The maximum absolute atomic E-state index is 9.75. The third-order valence-corrected chi connectivity index (χ3v) is 3.17. The van der Waals surface area contributed by atoms with Gasteiger partial charge in [0.2, 0.25) is 5.88 Å². The Balaban J connectivity index is 2.31. The fourth-order valence-electron chi connectivity index (χ4n) is 1.94. The zero-order chi connectivity index (χ0) is 14.8. The van der Waals surface area contributed by atoms with Gasteiger partial charge in [-0.05, 0) is 42.2 Å². The predicted molar refractivity (Wildman–Crippen MR) is 80.1 cm³/mol. The maximum atomic E-state index is 9.75. The fraction of sp³-hybridized carbons (Fsp3) is 0.353. The third kappa shape index (κ3) is 3.36. The Morgan fingerprint density at radius 1 is 1.15 bits per heavy atom. The first-order valence-electron chi connectivity index (χ1n) is 6.79. The molecular weight excluding hydrogens is 250 g/mol. The van der Waals surface area contributed by atoms with E-state index in [2.05, 4.69) is 31.8 Å². The van der Waals surface area contributed by atoms with Gasteiger partial charge < -0.3 is 9.84 Å². The van der Waals surface area contributed by atoms with Crippen LogP contribution in [0.25, 0.3) is 0 Å². The number of aliphatic hydroxyl groups excluding tert-OH is 1. The number of ether oxygens (including phenoxy) is 1. The minimum Gasteiger partial charge on any atom is -0.439 e. The lowest BCUT2D eigenvalue weighted by Crippen LogP contribution is -2.10. The first-order valence-corrected chi connectivity index (χ1v) is 6.79. The highest BCUT2D eigenvalue weighted by Crippen LogP contribution is 2.30. The van der Waals surface area contributed by atoms with Crippen molar-refractivity contribution in [1.29, 1.82) is 0 Å². The van der Waals surface area contributed by atoms with Crippen LogP contribution in [0.4, 0.5) is 0 Å². The van der Waals surface area contributed by atoms with Crippen molar-refractivity contribution in [3.8, 4) is 11.6 Å². The standard InChI is InChI=1S/C17H21NO2/c1-12(19)15-9-6-10-18-16(15)20-14-8-5-7-13(11-14)17(2,3)4/h5-12,19H,1-4H3. The van der Waals surface area contributed by atoms with Crippen LogP contribution in [0.1, 0.15) is 44.9 Å². The summed E-state index contributed by atoms with van der Waals surface area (Å²) in [6, 6.07) is 11.6. The molecule has 2 aromatic rings. The summed E-state index contributed by atoms with van der Waals surface area (Å²) in [4.78, 5) is 4.20. The highest BCUT2D eigenvalue weighted by molar-refractivity contribution is 5.37. The highest BCUT2D eigenvalue weighted by atomic mass is 16.5. The summed E-state index contributed by atoms with van der Waals surface area (Å²) in [5, 5.41) is 9.75. The minimum atomic E-state index is -0.607. The summed E-state index contributed by atoms with van der Waals surface area (Å²) in [5.74, 6) is 1.19. The van der Waals surface area contributed by atoms with Gasteiger partial charge in [-0.1, -0.05) is 32.9 Å². The Morgan fingerprint density at radius 2 is 1.90 bits per heavy atom. The molecule has 0 fully saturated rings. The van der Waals surface area contributed by atoms with E-state index < -0.39 is 6.10 Å². The van der Waals surface area contributed by atoms with Crippen LogP contribution in [-0.2, 0) is 5.41 Å². The zero-order valence-corrected chi connectivity index (χ0v) is 12.4. The molecule has 1 aromatic heterocycles. The molecule has 3 nitrogen and oxygen atoms in total. The number of pyridine rings is 1. The molecule has 0 aliphatic rings. The number of aliphatic hydroxyl groups is 1. The quantitative estimate of drug-likeness (QED) is 0.908. The lowest BCUT2D eigenvalue weighted by Gasteiger charge is -2.20. The van der Waals surface area contributed by atoms with E-state index in [0.29, 0.717) is 11.4 Å². The molecule has 1 atom stereocenters. The van der Waals surface area contributed by atoms with Crippen molar-refractivity contribution in [3.05, 3.63) is 53.7 Å². The molecule has 2 rings (SSSR count). The molecule has 0 aliphatic carbocycles. The van der Waals surface area contributed by atoms with Gasteiger partial charge in [-0.15, -0.1) is 0 Å². The first-order chi connectivity index (χ1) is 9.38. The van der Waals surface area contributed by atoms with Crippen LogP contribution in [-0.4, -0.2) is 10.1 Å². The van der Waals surface area contributed by atoms with Crippen LogP contribution < -0.4 is 4.74 Å². The normalized spacial score (nSPS) is 13.1.